The summed E-state index contributed by atoms with van der Waals surface area (Å²) in [5.74, 6) is 1.66. The molecule has 2 N–H and O–H groups in total. The molecule has 0 aromatic heterocycles. The summed E-state index contributed by atoms with van der Waals surface area (Å²) in [7, 11) is 1.66. The number of methoxy groups -OCH3 is 1. The lowest BCUT2D eigenvalue weighted by Crippen LogP contribution is -2.09. The maximum absolute atomic E-state index is 5.96. The standard InChI is InChI=1S/C16H27NO2/c1-4-5-6-7-8-11-19-16-12-14(18-3)9-10-15(16)13(2)17/h9-10,12-13H,4-8,11,17H2,1-3H3/t13-/m1/s1. The predicted molar refractivity (Wildman–Crippen MR) is 79.9 cm³/mol. The van der Waals surface area contributed by atoms with E-state index in [4.69, 9.17) is 15.2 Å². The lowest BCUT2D eigenvalue weighted by molar-refractivity contribution is 0.298. The summed E-state index contributed by atoms with van der Waals surface area (Å²) < 4.78 is 11.1. The van der Waals surface area contributed by atoms with Crippen LogP contribution in [0.4, 0.5) is 0 Å². The zero-order chi connectivity index (χ0) is 14.1. The fraction of sp³-hybridized carbons (Fsp3) is 0.625. The third-order valence-corrected chi connectivity index (χ3v) is 3.22. The molecule has 3 nitrogen and oxygen atoms in total. The van der Waals surface area contributed by atoms with E-state index in [1.54, 1.807) is 7.11 Å². The Morgan fingerprint density at radius 3 is 2.53 bits per heavy atom. The minimum Gasteiger partial charge on any atom is -0.497 e. The molecule has 0 bridgehead atoms. The van der Waals surface area contributed by atoms with E-state index < -0.39 is 0 Å². The maximum Gasteiger partial charge on any atom is 0.127 e. The number of hydrogen-bond acceptors (Lipinski definition) is 3. The highest BCUT2D eigenvalue weighted by Crippen LogP contribution is 2.28. The van der Waals surface area contributed by atoms with Gasteiger partial charge in [0.15, 0.2) is 0 Å². The van der Waals surface area contributed by atoms with E-state index in [1.807, 2.05) is 25.1 Å². The van der Waals surface area contributed by atoms with E-state index in [2.05, 4.69) is 6.92 Å². The Bertz CT molecular complexity index is 364. The average molecular weight is 265 g/mol. The Morgan fingerprint density at radius 2 is 1.89 bits per heavy atom. The Hall–Kier alpha value is -1.22. The molecule has 108 valence electrons. The summed E-state index contributed by atoms with van der Waals surface area (Å²) in [5, 5.41) is 0. The first kappa shape index (κ1) is 15.8. The highest BCUT2D eigenvalue weighted by atomic mass is 16.5. The van der Waals surface area contributed by atoms with Gasteiger partial charge in [0.05, 0.1) is 13.7 Å². The average Bonchev–Trinajstić information content (AvgIpc) is 2.42. The summed E-state index contributed by atoms with van der Waals surface area (Å²) in [5.41, 5.74) is 6.99. The van der Waals surface area contributed by atoms with Crippen molar-refractivity contribution in [3.05, 3.63) is 23.8 Å². The molecular weight excluding hydrogens is 238 g/mol. The van der Waals surface area contributed by atoms with Crippen molar-refractivity contribution in [1.82, 2.24) is 0 Å². The van der Waals surface area contributed by atoms with Crippen LogP contribution in [0.5, 0.6) is 11.5 Å². The summed E-state index contributed by atoms with van der Waals surface area (Å²) in [6, 6.07) is 5.80. The summed E-state index contributed by atoms with van der Waals surface area (Å²) in [4.78, 5) is 0. The van der Waals surface area contributed by atoms with Crippen LogP contribution in [0, 0.1) is 0 Å². The Morgan fingerprint density at radius 1 is 1.16 bits per heavy atom. The molecule has 0 spiro atoms. The van der Waals surface area contributed by atoms with Crippen LogP contribution in [-0.2, 0) is 0 Å². The van der Waals surface area contributed by atoms with Crippen molar-refractivity contribution < 1.29 is 9.47 Å². The topological polar surface area (TPSA) is 44.5 Å². The number of hydrogen-bond donors (Lipinski definition) is 1. The van der Waals surface area contributed by atoms with Gasteiger partial charge in [-0.2, -0.15) is 0 Å². The lowest BCUT2D eigenvalue weighted by Gasteiger charge is -2.15. The van der Waals surface area contributed by atoms with Crippen molar-refractivity contribution in [1.29, 1.82) is 0 Å². The van der Waals surface area contributed by atoms with Crippen LogP contribution in [0.1, 0.15) is 57.6 Å². The molecule has 0 saturated heterocycles. The van der Waals surface area contributed by atoms with Crippen molar-refractivity contribution in [2.24, 2.45) is 5.73 Å². The molecule has 1 aromatic carbocycles. The van der Waals surface area contributed by atoms with Gasteiger partial charge in [-0.05, 0) is 19.4 Å². The van der Waals surface area contributed by atoms with Gasteiger partial charge >= 0.3 is 0 Å². The van der Waals surface area contributed by atoms with Crippen molar-refractivity contribution in [2.75, 3.05) is 13.7 Å². The van der Waals surface area contributed by atoms with Gasteiger partial charge in [-0.15, -0.1) is 0 Å². The van der Waals surface area contributed by atoms with E-state index in [0.717, 1.165) is 30.1 Å². The molecular formula is C16H27NO2. The van der Waals surface area contributed by atoms with Gasteiger partial charge in [-0.3, -0.25) is 0 Å². The molecule has 0 fully saturated rings. The van der Waals surface area contributed by atoms with Crippen LogP contribution >= 0.6 is 0 Å². The van der Waals surface area contributed by atoms with Gasteiger partial charge in [0, 0.05) is 17.7 Å². The quantitative estimate of drug-likeness (QED) is 0.685. The summed E-state index contributed by atoms with van der Waals surface area (Å²) in [6.07, 6.45) is 6.19. The first-order chi connectivity index (χ1) is 9.19. The van der Waals surface area contributed by atoms with E-state index in [0.29, 0.717) is 0 Å². The van der Waals surface area contributed by atoms with Crippen LogP contribution in [0.3, 0.4) is 0 Å². The zero-order valence-corrected chi connectivity index (χ0v) is 12.4. The number of ether oxygens (including phenoxy) is 2. The minimum absolute atomic E-state index is 0.0269. The summed E-state index contributed by atoms with van der Waals surface area (Å²) >= 11 is 0. The Kier molecular flexibility index (Phi) is 7.34. The van der Waals surface area contributed by atoms with Crippen molar-refractivity contribution in [3.63, 3.8) is 0 Å². The van der Waals surface area contributed by atoms with Crippen LogP contribution in [0.25, 0.3) is 0 Å². The second-order valence-corrected chi connectivity index (χ2v) is 4.96. The second-order valence-electron chi connectivity index (χ2n) is 4.96. The van der Waals surface area contributed by atoms with Crippen LogP contribution in [0.15, 0.2) is 18.2 Å². The van der Waals surface area contributed by atoms with Crippen LogP contribution in [0.2, 0.25) is 0 Å². The molecule has 0 heterocycles. The monoisotopic (exact) mass is 265 g/mol. The zero-order valence-electron chi connectivity index (χ0n) is 12.4. The first-order valence-corrected chi connectivity index (χ1v) is 7.25. The third kappa shape index (κ3) is 5.52. The maximum atomic E-state index is 5.96. The SMILES string of the molecule is CCCCCCCOc1cc(OC)ccc1[C@@H](C)N. The number of rotatable bonds is 9. The largest absolute Gasteiger partial charge is 0.497 e. The smallest absolute Gasteiger partial charge is 0.127 e. The molecule has 0 aliphatic rings. The first-order valence-electron chi connectivity index (χ1n) is 7.25. The molecule has 19 heavy (non-hydrogen) atoms. The minimum atomic E-state index is -0.0269. The number of unbranched alkanes of at least 4 members (excludes halogenated alkanes) is 4. The van der Waals surface area contributed by atoms with E-state index >= 15 is 0 Å². The number of nitrogens with two attached hydrogens (primary N) is 1. The third-order valence-electron chi connectivity index (χ3n) is 3.22. The van der Waals surface area contributed by atoms with Gasteiger partial charge in [-0.1, -0.05) is 38.7 Å². The fourth-order valence-electron chi connectivity index (χ4n) is 2.03. The number of benzene rings is 1. The van der Waals surface area contributed by atoms with Gasteiger partial charge in [0.1, 0.15) is 11.5 Å². The highest BCUT2D eigenvalue weighted by Gasteiger charge is 2.09. The fourth-order valence-corrected chi connectivity index (χ4v) is 2.03. The molecule has 1 aromatic rings. The van der Waals surface area contributed by atoms with Gasteiger partial charge < -0.3 is 15.2 Å². The molecule has 0 aliphatic carbocycles. The van der Waals surface area contributed by atoms with Crippen molar-refractivity contribution in [3.8, 4) is 11.5 Å². The Balaban J connectivity index is 2.50. The van der Waals surface area contributed by atoms with Crippen molar-refractivity contribution in [2.45, 2.75) is 52.0 Å². The molecule has 0 saturated carbocycles. The molecule has 3 heteroatoms. The second kappa shape index (κ2) is 8.81. The lowest BCUT2D eigenvalue weighted by atomic mass is 10.1. The molecule has 0 aliphatic heterocycles. The molecule has 0 radical (unpaired) electrons. The van der Waals surface area contributed by atoms with Crippen LogP contribution in [-0.4, -0.2) is 13.7 Å². The van der Waals surface area contributed by atoms with E-state index in [-0.39, 0.29) is 6.04 Å². The van der Waals surface area contributed by atoms with E-state index in [9.17, 15) is 0 Å². The van der Waals surface area contributed by atoms with Gasteiger partial charge in [0.2, 0.25) is 0 Å². The van der Waals surface area contributed by atoms with Crippen molar-refractivity contribution >= 4 is 0 Å². The molecule has 0 amide bonds. The van der Waals surface area contributed by atoms with Crippen LogP contribution < -0.4 is 15.2 Å². The normalized spacial score (nSPS) is 12.2. The predicted octanol–water partition coefficient (Wildman–Crippen LogP) is 4.06. The van der Waals surface area contributed by atoms with E-state index in [1.165, 1.54) is 25.7 Å². The van der Waals surface area contributed by atoms with Gasteiger partial charge in [0.25, 0.3) is 0 Å². The molecule has 1 atom stereocenters. The summed E-state index contributed by atoms with van der Waals surface area (Å²) in [6.45, 7) is 4.94. The Labute approximate surface area is 117 Å². The molecule has 1 rings (SSSR count). The highest BCUT2D eigenvalue weighted by molar-refractivity contribution is 5.42. The van der Waals surface area contributed by atoms with Gasteiger partial charge in [-0.25, -0.2) is 0 Å². The molecule has 0 unspecified atom stereocenters.